The number of nitrogens with one attached hydrogen (secondary N) is 1. The number of carbonyl (C=O) groups excluding carboxylic acids is 3. The van der Waals surface area contributed by atoms with E-state index in [1.807, 2.05) is 12.1 Å². The Bertz CT molecular complexity index is 720. The van der Waals surface area contributed by atoms with Gasteiger partial charge in [-0.2, -0.15) is 0 Å². The quantitative estimate of drug-likeness (QED) is 0.318. The largest absolute Gasteiger partial charge is 1.00 e. The third kappa shape index (κ3) is 3.75. The van der Waals surface area contributed by atoms with Gasteiger partial charge in [-0.1, -0.05) is 26.0 Å². The molecule has 2 amide bonds. The number of nitrogen functional groups attached to an aromatic ring is 1. The summed E-state index contributed by atoms with van der Waals surface area (Å²) in [6.07, 6.45) is 1.34. The summed E-state index contributed by atoms with van der Waals surface area (Å²) in [5.41, 5.74) is 6.72. The van der Waals surface area contributed by atoms with Crippen LogP contribution in [0.2, 0.25) is 0 Å². The first-order valence-electron chi connectivity index (χ1n) is 8.37. The van der Waals surface area contributed by atoms with Crippen LogP contribution in [0.3, 0.4) is 0 Å². The zero-order valence-electron chi connectivity index (χ0n) is 15.3. The Kier molecular flexibility index (Phi) is 6.05. The molecular weight excluding hydrogens is 345 g/mol. The van der Waals surface area contributed by atoms with Crippen LogP contribution in [0.1, 0.15) is 32.3 Å². The van der Waals surface area contributed by atoms with E-state index in [1.165, 1.54) is 4.90 Å². The molecule has 3 N–H and O–H groups in total. The molecule has 2 fully saturated rings. The minimum atomic E-state index is -1.24. The first kappa shape index (κ1) is 20.7. The predicted octanol–water partition coefficient (Wildman–Crippen LogP) is -3.55. The normalized spacial score (nSPS) is 25.7. The molecule has 0 bridgehead atoms. The van der Waals surface area contributed by atoms with E-state index in [0.717, 1.165) is 5.56 Å². The SMILES string of the molecule is CC1(C)C[C@@H]2[C@H](NC(=O)CCc3ccc(N)cc3)C(=O)N2[C@H]1C(=O)[O-].[Na+]. The molecule has 2 saturated heterocycles. The van der Waals surface area contributed by atoms with E-state index in [1.54, 1.807) is 26.0 Å². The maximum atomic E-state index is 12.3. The van der Waals surface area contributed by atoms with E-state index in [2.05, 4.69) is 5.32 Å². The molecule has 26 heavy (non-hydrogen) atoms. The molecule has 1 aromatic rings. The third-order valence-corrected chi connectivity index (χ3v) is 5.18. The van der Waals surface area contributed by atoms with Gasteiger partial charge >= 0.3 is 29.6 Å². The molecule has 0 unspecified atom stereocenters. The van der Waals surface area contributed by atoms with Gasteiger partial charge in [-0.05, 0) is 36.0 Å². The summed E-state index contributed by atoms with van der Waals surface area (Å²) in [6, 6.07) is 5.44. The first-order valence-corrected chi connectivity index (χ1v) is 8.37. The van der Waals surface area contributed by atoms with Crippen LogP contribution in [0.15, 0.2) is 24.3 Å². The van der Waals surface area contributed by atoms with Gasteiger partial charge in [-0.25, -0.2) is 0 Å². The van der Waals surface area contributed by atoms with Crippen LogP contribution in [0.5, 0.6) is 0 Å². The minimum Gasteiger partial charge on any atom is -0.548 e. The summed E-state index contributed by atoms with van der Waals surface area (Å²) in [4.78, 5) is 37.2. The van der Waals surface area contributed by atoms with Gasteiger partial charge in [0.15, 0.2) is 0 Å². The molecule has 8 heteroatoms. The van der Waals surface area contributed by atoms with Crippen molar-refractivity contribution in [3.63, 3.8) is 0 Å². The van der Waals surface area contributed by atoms with Crippen LogP contribution in [-0.4, -0.2) is 40.8 Å². The number of benzene rings is 1. The van der Waals surface area contributed by atoms with Crippen molar-refractivity contribution in [2.45, 2.75) is 51.2 Å². The molecule has 0 aliphatic carbocycles. The Balaban J connectivity index is 0.00000243. The second-order valence-electron chi connectivity index (χ2n) is 7.51. The fourth-order valence-corrected chi connectivity index (χ4v) is 3.91. The van der Waals surface area contributed by atoms with Crippen LogP contribution in [0, 0.1) is 5.41 Å². The minimum absolute atomic E-state index is 0. The smallest absolute Gasteiger partial charge is 0.548 e. The zero-order valence-corrected chi connectivity index (χ0v) is 17.3. The van der Waals surface area contributed by atoms with Crippen LogP contribution in [-0.2, 0) is 20.8 Å². The Labute approximate surface area is 174 Å². The second-order valence-corrected chi connectivity index (χ2v) is 7.51. The number of carboxylic acid groups (broad SMARTS) is 1. The molecule has 7 nitrogen and oxygen atoms in total. The zero-order chi connectivity index (χ0) is 18.4. The fourth-order valence-electron chi connectivity index (χ4n) is 3.91. The van der Waals surface area contributed by atoms with Gasteiger partial charge in [0.25, 0.3) is 0 Å². The van der Waals surface area contributed by atoms with Crippen molar-refractivity contribution in [2.75, 3.05) is 5.73 Å². The molecule has 0 aromatic heterocycles. The van der Waals surface area contributed by atoms with Crippen molar-refractivity contribution < 1.29 is 49.0 Å². The predicted molar refractivity (Wildman–Crippen MR) is 88.9 cm³/mol. The van der Waals surface area contributed by atoms with E-state index in [4.69, 9.17) is 5.73 Å². The summed E-state index contributed by atoms with van der Waals surface area (Å²) in [5, 5.41) is 14.1. The second kappa shape index (κ2) is 7.58. The standard InChI is InChI=1S/C18H23N3O4.Na/c1-18(2)9-12-14(16(23)21(12)15(18)17(24)25)20-13(22)8-5-10-3-6-11(19)7-4-10;/h3-4,6-7,12,14-15H,5,8-9,19H2,1-2H3,(H,20,22)(H,24,25);/q;+1/p-1/t12-,14+,15+;/m1./s1. The average Bonchev–Trinajstić information content (AvgIpc) is 2.80. The molecule has 3 rings (SSSR count). The van der Waals surface area contributed by atoms with E-state index in [-0.39, 0.29) is 53.8 Å². The van der Waals surface area contributed by atoms with Gasteiger partial charge in [-0.15, -0.1) is 0 Å². The van der Waals surface area contributed by atoms with Gasteiger partial charge in [0, 0.05) is 12.1 Å². The van der Waals surface area contributed by atoms with Crippen molar-refractivity contribution >= 4 is 23.5 Å². The Hall–Kier alpha value is -1.57. The van der Waals surface area contributed by atoms with Crippen molar-refractivity contribution in [2.24, 2.45) is 5.41 Å². The topological polar surface area (TPSA) is 116 Å². The van der Waals surface area contributed by atoms with Crippen molar-refractivity contribution in [3.8, 4) is 0 Å². The molecular formula is C18H22N3NaO4. The number of β-lactam (4-membered cyclic amide) rings is 1. The van der Waals surface area contributed by atoms with E-state index >= 15 is 0 Å². The average molecular weight is 367 g/mol. The van der Waals surface area contributed by atoms with Crippen molar-refractivity contribution in [1.29, 1.82) is 0 Å². The summed E-state index contributed by atoms with van der Waals surface area (Å²) in [5.74, 6) is -1.80. The molecule has 0 spiro atoms. The monoisotopic (exact) mass is 367 g/mol. The van der Waals surface area contributed by atoms with Crippen LogP contribution in [0.4, 0.5) is 5.69 Å². The van der Waals surface area contributed by atoms with Gasteiger partial charge < -0.3 is 25.9 Å². The van der Waals surface area contributed by atoms with Gasteiger partial charge in [-0.3, -0.25) is 9.59 Å². The Morgan fingerprint density at radius 1 is 1.31 bits per heavy atom. The Morgan fingerprint density at radius 3 is 2.50 bits per heavy atom. The molecule has 0 radical (unpaired) electrons. The number of nitrogens with two attached hydrogens (primary N) is 1. The number of carbonyl (C=O) groups is 3. The number of rotatable bonds is 5. The van der Waals surface area contributed by atoms with Gasteiger partial charge in [0.2, 0.25) is 11.8 Å². The summed E-state index contributed by atoms with van der Waals surface area (Å²) in [6.45, 7) is 3.61. The summed E-state index contributed by atoms with van der Waals surface area (Å²) in [7, 11) is 0. The number of aryl methyl sites for hydroxylation is 1. The number of carboxylic acids is 1. The number of nitrogens with zero attached hydrogens (tertiary/aromatic N) is 1. The van der Waals surface area contributed by atoms with Crippen molar-refractivity contribution in [1.82, 2.24) is 10.2 Å². The van der Waals surface area contributed by atoms with Crippen LogP contribution in [0.25, 0.3) is 0 Å². The number of fused-ring (bicyclic) bond motifs is 1. The van der Waals surface area contributed by atoms with Crippen LogP contribution >= 0.6 is 0 Å². The number of aliphatic carboxylic acids is 1. The molecule has 1 aromatic carbocycles. The fraction of sp³-hybridized carbons (Fsp3) is 0.500. The van der Waals surface area contributed by atoms with E-state index < -0.39 is 23.5 Å². The molecule has 134 valence electrons. The molecule has 2 aliphatic heterocycles. The van der Waals surface area contributed by atoms with Gasteiger partial charge in [0.1, 0.15) is 6.04 Å². The maximum absolute atomic E-state index is 12.3. The number of hydrogen-bond acceptors (Lipinski definition) is 5. The van der Waals surface area contributed by atoms with E-state index in [0.29, 0.717) is 18.5 Å². The summed E-state index contributed by atoms with van der Waals surface area (Å²) >= 11 is 0. The molecule has 0 saturated carbocycles. The number of hydrogen-bond donors (Lipinski definition) is 2. The molecule has 2 heterocycles. The number of anilines is 1. The van der Waals surface area contributed by atoms with Crippen molar-refractivity contribution in [3.05, 3.63) is 29.8 Å². The Morgan fingerprint density at radius 2 is 1.92 bits per heavy atom. The van der Waals surface area contributed by atoms with Gasteiger partial charge in [0.05, 0.1) is 18.1 Å². The number of amides is 2. The van der Waals surface area contributed by atoms with Crippen LogP contribution < -0.4 is 45.7 Å². The maximum Gasteiger partial charge on any atom is 1.00 e. The van der Waals surface area contributed by atoms with E-state index in [9.17, 15) is 19.5 Å². The first-order chi connectivity index (χ1) is 11.7. The molecule has 3 atom stereocenters. The molecule has 2 aliphatic rings. The third-order valence-electron chi connectivity index (χ3n) is 5.18. The summed E-state index contributed by atoms with van der Waals surface area (Å²) < 4.78 is 0.